The number of benzene rings is 1. The van der Waals surface area contributed by atoms with Crippen molar-refractivity contribution >= 4 is 17.2 Å². The number of amides is 1. The number of hydrogen-bond donors (Lipinski definition) is 1. The Morgan fingerprint density at radius 3 is 2.43 bits per heavy atom. The van der Waals surface area contributed by atoms with Gasteiger partial charge in [-0.3, -0.25) is 9.48 Å². The van der Waals surface area contributed by atoms with Gasteiger partial charge < -0.3 is 5.32 Å². The summed E-state index contributed by atoms with van der Waals surface area (Å²) in [5, 5.41) is 6.14. The number of nitrogens with one attached hydrogen (secondary N) is 1. The lowest BCUT2D eigenvalue weighted by Crippen LogP contribution is -2.27. The molecular formula is C18H14F6N4OS. The molecule has 0 saturated carbocycles. The van der Waals surface area contributed by atoms with Gasteiger partial charge in [-0.2, -0.15) is 31.4 Å². The zero-order valence-electron chi connectivity index (χ0n) is 15.5. The van der Waals surface area contributed by atoms with Gasteiger partial charge in [-0.15, -0.1) is 11.3 Å². The van der Waals surface area contributed by atoms with Gasteiger partial charge in [-0.05, 0) is 19.1 Å². The summed E-state index contributed by atoms with van der Waals surface area (Å²) in [5.41, 5.74) is -2.01. The minimum absolute atomic E-state index is 0.265. The fraction of sp³-hybridized carbons (Fsp3) is 0.278. The third kappa shape index (κ3) is 4.64. The van der Waals surface area contributed by atoms with Crippen molar-refractivity contribution in [3.8, 4) is 10.6 Å². The van der Waals surface area contributed by atoms with E-state index in [0.29, 0.717) is 16.0 Å². The molecule has 2 aromatic heterocycles. The van der Waals surface area contributed by atoms with Gasteiger partial charge >= 0.3 is 12.4 Å². The number of carbonyl (C=O) groups is 1. The summed E-state index contributed by atoms with van der Waals surface area (Å²) in [6.45, 7) is 1.59. The van der Waals surface area contributed by atoms with Gasteiger partial charge in [0, 0.05) is 29.8 Å². The van der Waals surface area contributed by atoms with Gasteiger partial charge in [0.25, 0.3) is 5.91 Å². The number of thiazole rings is 1. The van der Waals surface area contributed by atoms with Gasteiger partial charge in [0.1, 0.15) is 10.7 Å². The molecule has 0 radical (unpaired) electrons. The van der Waals surface area contributed by atoms with Crippen LogP contribution in [-0.2, 0) is 19.4 Å². The molecule has 160 valence electrons. The standard InChI is InChI=1S/C18H14F6N4OS/c1-9(26-15(29)12-7-14(18(22,23)24)27-28(12)2)13-8-25-16(30-13)10-4-3-5-11(6-10)17(19,20)21/h3-9H,1-2H3,(H,26,29)/t9-/m0/s1. The second kappa shape index (κ2) is 7.74. The number of alkyl halides is 6. The van der Waals surface area contributed by atoms with Gasteiger partial charge in [0.15, 0.2) is 5.69 Å². The number of halogens is 6. The highest BCUT2D eigenvalue weighted by Gasteiger charge is 2.35. The zero-order valence-corrected chi connectivity index (χ0v) is 16.3. The molecule has 0 aliphatic carbocycles. The Morgan fingerprint density at radius 2 is 1.83 bits per heavy atom. The van der Waals surface area contributed by atoms with Crippen molar-refractivity contribution in [3.05, 3.63) is 58.4 Å². The highest BCUT2D eigenvalue weighted by Crippen LogP contribution is 2.34. The molecule has 0 aliphatic heterocycles. The van der Waals surface area contributed by atoms with Crippen LogP contribution < -0.4 is 5.32 Å². The van der Waals surface area contributed by atoms with E-state index in [4.69, 9.17) is 0 Å². The van der Waals surface area contributed by atoms with Crippen molar-refractivity contribution < 1.29 is 31.1 Å². The second-order valence-corrected chi connectivity index (χ2v) is 7.44. The van der Waals surface area contributed by atoms with E-state index in [1.807, 2.05) is 0 Å². The molecule has 3 aromatic rings. The van der Waals surface area contributed by atoms with Crippen LogP contribution in [0.2, 0.25) is 0 Å². The van der Waals surface area contributed by atoms with E-state index in [1.54, 1.807) is 6.92 Å². The van der Waals surface area contributed by atoms with E-state index in [9.17, 15) is 31.1 Å². The molecule has 12 heteroatoms. The minimum Gasteiger partial charge on any atom is -0.343 e. The van der Waals surface area contributed by atoms with Crippen LogP contribution in [0.25, 0.3) is 10.6 Å². The predicted octanol–water partition coefficient (Wildman–Crippen LogP) is 5.07. The Hall–Kier alpha value is -2.89. The molecule has 0 aliphatic rings. The van der Waals surface area contributed by atoms with Gasteiger partial charge in [0.2, 0.25) is 0 Å². The van der Waals surface area contributed by atoms with E-state index in [0.717, 1.165) is 28.2 Å². The normalized spacial score (nSPS) is 13.3. The number of carbonyl (C=O) groups excluding carboxylic acids is 1. The molecule has 1 amide bonds. The molecule has 5 nitrogen and oxygen atoms in total. The first-order chi connectivity index (χ1) is 13.9. The summed E-state index contributed by atoms with van der Waals surface area (Å²) in [7, 11) is 1.22. The fourth-order valence-electron chi connectivity index (χ4n) is 2.61. The van der Waals surface area contributed by atoms with Crippen molar-refractivity contribution in [2.24, 2.45) is 7.05 Å². The summed E-state index contributed by atoms with van der Waals surface area (Å²) in [4.78, 5) is 17.0. The molecule has 2 heterocycles. The van der Waals surface area contributed by atoms with Crippen LogP contribution in [0.1, 0.15) is 39.6 Å². The van der Waals surface area contributed by atoms with Crippen LogP contribution in [0.4, 0.5) is 26.3 Å². The Kier molecular flexibility index (Phi) is 5.63. The number of rotatable bonds is 4. The second-order valence-electron chi connectivity index (χ2n) is 6.38. The van der Waals surface area contributed by atoms with E-state index >= 15 is 0 Å². The average molecular weight is 448 g/mol. The van der Waals surface area contributed by atoms with Crippen LogP contribution in [0.15, 0.2) is 36.5 Å². The Balaban J connectivity index is 1.77. The summed E-state index contributed by atoms with van der Waals surface area (Å²) >= 11 is 1.07. The fourth-order valence-corrected chi connectivity index (χ4v) is 3.52. The molecular weight excluding hydrogens is 434 g/mol. The van der Waals surface area contributed by atoms with E-state index < -0.39 is 35.6 Å². The van der Waals surface area contributed by atoms with E-state index in [1.165, 1.54) is 25.4 Å². The van der Waals surface area contributed by atoms with Gasteiger partial charge in [-0.1, -0.05) is 12.1 Å². The summed E-state index contributed by atoms with van der Waals surface area (Å²) in [6.07, 6.45) is -7.77. The van der Waals surface area contributed by atoms with Crippen LogP contribution in [0.5, 0.6) is 0 Å². The number of aryl methyl sites for hydroxylation is 1. The van der Waals surface area contributed by atoms with Crippen molar-refractivity contribution in [1.29, 1.82) is 0 Å². The van der Waals surface area contributed by atoms with Crippen molar-refractivity contribution in [2.45, 2.75) is 25.3 Å². The molecule has 0 bridgehead atoms. The lowest BCUT2D eigenvalue weighted by Gasteiger charge is -2.11. The van der Waals surface area contributed by atoms with Crippen LogP contribution >= 0.6 is 11.3 Å². The molecule has 3 rings (SSSR count). The first-order valence-electron chi connectivity index (χ1n) is 8.41. The largest absolute Gasteiger partial charge is 0.435 e. The van der Waals surface area contributed by atoms with E-state index in [-0.39, 0.29) is 11.3 Å². The number of hydrogen-bond acceptors (Lipinski definition) is 4. The quantitative estimate of drug-likeness (QED) is 0.567. The molecule has 0 saturated heterocycles. The van der Waals surface area contributed by atoms with Crippen molar-refractivity contribution in [2.75, 3.05) is 0 Å². The molecule has 30 heavy (non-hydrogen) atoms. The monoisotopic (exact) mass is 448 g/mol. The SMILES string of the molecule is C[C@H](NC(=O)c1cc(C(F)(F)F)nn1C)c1cnc(-c2cccc(C(F)(F)F)c2)s1. The third-order valence-electron chi connectivity index (χ3n) is 4.14. The first-order valence-corrected chi connectivity index (χ1v) is 9.23. The maximum Gasteiger partial charge on any atom is 0.435 e. The Labute approximate surface area is 170 Å². The third-order valence-corrected chi connectivity index (χ3v) is 5.37. The molecule has 1 aromatic carbocycles. The van der Waals surface area contributed by atoms with E-state index in [2.05, 4.69) is 15.4 Å². The maximum atomic E-state index is 12.9. The lowest BCUT2D eigenvalue weighted by atomic mass is 10.1. The minimum atomic E-state index is -4.68. The molecule has 1 N–H and O–H groups in total. The number of nitrogens with zero attached hydrogens (tertiary/aromatic N) is 3. The van der Waals surface area contributed by atoms with Gasteiger partial charge in [-0.25, -0.2) is 4.98 Å². The predicted molar refractivity (Wildman–Crippen MR) is 96.6 cm³/mol. The first kappa shape index (κ1) is 21.8. The number of aromatic nitrogens is 3. The summed E-state index contributed by atoms with van der Waals surface area (Å²) in [5.74, 6) is -0.776. The van der Waals surface area contributed by atoms with Crippen molar-refractivity contribution in [3.63, 3.8) is 0 Å². The average Bonchev–Trinajstić information content (AvgIpc) is 3.28. The lowest BCUT2D eigenvalue weighted by molar-refractivity contribution is -0.141. The smallest absolute Gasteiger partial charge is 0.343 e. The highest BCUT2D eigenvalue weighted by atomic mass is 32.1. The van der Waals surface area contributed by atoms with Crippen LogP contribution in [-0.4, -0.2) is 20.7 Å². The maximum absolute atomic E-state index is 12.9. The highest BCUT2D eigenvalue weighted by molar-refractivity contribution is 7.15. The van der Waals surface area contributed by atoms with Crippen LogP contribution in [0, 0.1) is 0 Å². The topological polar surface area (TPSA) is 59.8 Å². The summed E-state index contributed by atoms with van der Waals surface area (Å²) < 4.78 is 77.7. The van der Waals surface area contributed by atoms with Crippen LogP contribution in [0.3, 0.4) is 0 Å². The molecule has 0 spiro atoms. The molecule has 1 atom stereocenters. The Morgan fingerprint density at radius 1 is 1.13 bits per heavy atom. The molecule has 0 unspecified atom stereocenters. The summed E-state index contributed by atoms with van der Waals surface area (Å²) in [6, 6.07) is 4.67. The molecule has 0 fully saturated rings. The van der Waals surface area contributed by atoms with Crippen molar-refractivity contribution in [1.82, 2.24) is 20.1 Å². The Bertz CT molecular complexity index is 1070. The van der Waals surface area contributed by atoms with Gasteiger partial charge in [0.05, 0.1) is 11.6 Å². The zero-order chi connectivity index (χ0) is 22.3.